The van der Waals surface area contributed by atoms with E-state index in [1.165, 1.54) is 4.90 Å². The van der Waals surface area contributed by atoms with E-state index >= 15 is 0 Å². The Balaban J connectivity index is 2.50. The van der Waals surface area contributed by atoms with Crippen LogP contribution in [0.5, 0.6) is 0 Å². The van der Waals surface area contributed by atoms with Gasteiger partial charge in [-0.25, -0.2) is 4.79 Å². The van der Waals surface area contributed by atoms with Crippen molar-refractivity contribution in [2.45, 2.75) is 40.2 Å². The molecule has 1 aliphatic carbocycles. The molecule has 1 saturated carbocycles. The number of carboxylic acids is 1. The number of hydrogen-bond donors (Lipinski definition) is 2. The maximum absolute atomic E-state index is 11.9. The van der Waals surface area contributed by atoms with Gasteiger partial charge in [-0.1, -0.05) is 27.7 Å². The summed E-state index contributed by atoms with van der Waals surface area (Å²) in [6.45, 7) is 8.32. The van der Waals surface area contributed by atoms with Crippen LogP contribution in [-0.4, -0.2) is 41.1 Å². The van der Waals surface area contributed by atoms with E-state index in [-0.39, 0.29) is 30.0 Å². The number of amides is 2. The van der Waals surface area contributed by atoms with Crippen molar-refractivity contribution in [3.8, 4) is 0 Å². The smallest absolute Gasteiger partial charge is 0.323 e. The van der Waals surface area contributed by atoms with E-state index in [1.54, 1.807) is 0 Å². The third kappa shape index (κ3) is 4.24. The third-order valence-electron chi connectivity index (χ3n) is 3.01. The molecular weight excluding hydrogens is 220 g/mol. The molecule has 0 aromatic carbocycles. The molecule has 1 rings (SSSR count). The summed E-state index contributed by atoms with van der Waals surface area (Å²) in [6, 6.07) is -0.0878. The van der Waals surface area contributed by atoms with Crippen LogP contribution in [0.2, 0.25) is 0 Å². The second-order valence-electron chi connectivity index (χ2n) is 5.86. The van der Waals surface area contributed by atoms with E-state index in [4.69, 9.17) is 5.11 Å². The number of aliphatic carboxylic acids is 1. The highest BCUT2D eigenvalue weighted by molar-refractivity contribution is 5.80. The van der Waals surface area contributed by atoms with Crippen LogP contribution in [0.1, 0.15) is 34.1 Å². The van der Waals surface area contributed by atoms with Crippen LogP contribution >= 0.6 is 0 Å². The summed E-state index contributed by atoms with van der Waals surface area (Å²) < 4.78 is 0. The highest BCUT2D eigenvalue weighted by Crippen LogP contribution is 2.44. The second kappa shape index (κ2) is 4.94. The van der Waals surface area contributed by atoms with E-state index in [0.717, 1.165) is 6.42 Å². The fraction of sp³-hybridized carbons (Fsp3) is 0.833. The van der Waals surface area contributed by atoms with E-state index in [2.05, 4.69) is 19.2 Å². The fourth-order valence-corrected chi connectivity index (χ4v) is 1.78. The molecule has 5 heteroatoms. The Hall–Kier alpha value is -1.26. The average molecular weight is 242 g/mol. The Labute approximate surface area is 102 Å². The maximum Gasteiger partial charge on any atom is 0.323 e. The molecule has 0 aromatic rings. The predicted molar refractivity (Wildman–Crippen MR) is 64.8 cm³/mol. The van der Waals surface area contributed by atoms with Crippen molar-refractivity contribution < 1.29 is 14.7 Å². The topological polar surface area (TPSA) is 69.6 Å². The van der Waals surface area contributed by atoms with Gasteiger partial charge in [0.2, 0.25) is 0 Å². The van der Waals surface area contributed by atoms with Gasteiger partial charge in [0.15, 0.2) is 0 Å². The lowest BCUT2D eigenvalue weighted by atomic mass is 10.2. The van der Waals surface area contributed by atoms with Crippen LogP contribution in [0.15, 0.2) is 0 Å². The standard InChI is InChI=1S/C12H22N2O3/c1-8(2)6-14(7-10(15)16)11(17)13-9-5-12(9,3)4/h8-9H,5-7H2,1-4H3,(H,13,17)(H,15,16). The van der Waals surface area contributed by atoms with Gasteiger partial charge in [-0.15, -0.1) is 0 Å². The number of urea groups is 1. The minimum Gasteiger partial charge on any atom is -0.480 e. The molecule has 0 aliphatic heterocycles. The first-order valence-electron chi connectivity index (χ1n) is 5.99. The molecule has 98 valence electrons. The predicted octanol–water partition coefficient (Wildman–Crippen LogP) is 1.54. The van der Waals surface area contributed by atoms with Crippen molar-refractivity contribution in [2.75, 3.05) is 13.1 Å². The molecule has 1 atom stereocenters. The zero-order valence-electron chi connectivity index (χ0n) is 11.0. The minimum atomic E-state index is -0.976. The summed E-state index contributed by atoms with van der Waals surface area (Å²) in [6.07, 6.45) is 0.960. The highest BCUT2D eigenvalue weighted by Gasteiger charge is 2.47. The molecule has 0 radical (unpaired) electrons. The van der Waals surface area contributed by atoms with Crippen molar-refractivity contribution in [2.24, 2.45) is 11.3 Å². The van der Waals surface area contributed by atoms with Crippen LogP contribution in [0.3, 0.4) is 0 Å². The summed E-state index contributed by atoms with van der Waals surface area (Å²) in [5.41, 5.74) is 0.155. The van der Waals surface area contributed by atoms with Crippen molar-refractivity contribution in [1.29, 1.82) is 0 Å². The molecule has 5 nitrogen and oxygen atoms in total. The van der Waals surface area contributed by atoms with E-state index in [0.29, 0.717) is 6.54 Å². The van der Waals surface area contributed by atoms with Gasteiger partial charge in [0.1, 0.15) is 6.54 Å². The number of carbonyl (C=O) groups is 2. The Morgan fingerprint density at radius 2 is 2.00 bits per heavy atom. The summed E-state index contributed by atoms with van der Waals surface area (Å²) in [4.78, 5) is 24.0. The lowest BCUT2D eigenvalue weighted by Gasteiger charge is -2.23. The van der Waals surface area contributed by atoms with Gasteiger partial charge in [-0.05, 0) is 17.8 Å². The van der Waals surface area contributed by atoms with Gasteiger partial charge in [0.25, 0.3) is 0 Å². The van der Waals surface area contributed by atoms with Crippen LogP contribution in [-0.2, 0) is 4.79 Å². The van der Waals surface area contributed by atoms with Gasteiger partial charge < -0.3 is 15.3 Å². The van der Waals surface area contributed by atoms with Crippen LogP contribution < -0.4 is 5.32 Å². The van der Waals surface area contributed by atoms with E-state index in [1.807, 2.05) is 13.8 Å². The number of hydrogen-bond acceptors (Lipinski definition) is 2. The highest BCUT2D eigenvalue weighted by atomic mass is 16.4. The molecule has 0 bridgehead atoms. The molecular formula is C12H22N2O3. The maximum atomic E-state index is 11.9. The van der Waals surface area contributed by atoms with Gasteiger partial charge in [0, 0.05) is 12.6 Å². The number of nitrogens with zero attached hydrogens (tertiary/aromatic N) is 1. The number of carbonyl (C=O) groups excluding carboxylic acids is 1. The van der Waals surface area contributed by atoms with Crippen molar-refractivity contribution in [3.63, 3.8) is 0 Å². The molecule has 17 heavy (non-hydrogen) atoms. The van der Waals surface area contributed by atoms with E-state index < -0.39 is 5.97 Å². The molecule has 0 saturated heterocycles. The normalized spacial score (nSPS) is 21.1. The zero-order chi connectivity index (χ0) is 13.2. The summed E-state index contributed by atoms with van der Waals surface area (Å²) in [5.74, 6) is -0.719. The first-order chi connectivity index (χ1) is 7.72. The first kappa shape index (κ1) is 13.8. The quantitative estimate of drug-likeness (QED) is 0.768. The molecule has 2 N–H and O–H groups in total. The largest absolute Gasteiger partial charge is 0.480 e. The van der Waals surface area contributed by atoms with Crippen molar-refractivity contribution in [1.82, 2.24) is 10.2 Å². The summed E-state index contributed by atoms with van der Waals surface area (Å²) in [5, 5.41) is 11.7. The third-order valence-corrected chi connectivity index (χ3v) is 3.01. The second-order valence-corrected chi connectivity index (χ2v) is 5.86. The fourth-order valence-electron chi connectivity index (χ4n) is 1.78. The van der Waals surface area contributed by atoms with Crippen LogP contribution in [0.4, 0.5) is 4.79 Å². The summed E-state index contributed by atoms with van der Waals surface area (Å²) in [7, 11) is 0. The molecule has 0 heterocycles. The number of nitrogens with one attached hydrogen (secondary N) is 1. The average Bonchev–Trinajstić information content (AvgIpc) is 2.70. The first-order valence-corrected chi connectivity index (χ1v) is 5.99. The van der Waals surface area contributed by atoms with Gasteiger partial charge in [0.05, 0.1) is 0 Å². The SMILES string of the molecule is CC(C)CN(CC(=O)O)C(=O)NC1CC1(C)C. The van der Waals surface area contributed by atoms with Gasteiger partial charge in [-0.2, -0.15) is 0 Å². The van der Waals surface area contributed by atoms with Crippen LogP contribution in [0.25, 0.3) is 0 Å². The van der Waals surface area contributed by atoms with Gasteiger partial charge in [-0.3, -0.25) is 4.79 Å². The monoisotopic (exact) mass is 242 g/mol. The molecule has 1 fully saturated rings. The van der Waals surface area contributed by atoms with Crippen molar-refractivity contribution >= 4 is 12.0 Å². The Kier molecular flexibility index (Phi) is 4.01. The van der Waals surface area contributed by atoms with E-state index in [9.17, 15) is 9.59 Å². The minimum absolute atomic E-state index is 0.155. The Morgan fingerprint density at radius 3 is 2.35 bits per heavy atom. The van der Waals surface area contributed by atoms with Crippen molar-refractivity contribution in [3.05, 3.63) is 0 Å². The Morgan fingerprint density at radius 1 is 1.47 bits per heavy atom. The molecule has 0 aromatic heterocycles. The molecule has 1 aliphatic rings. The molecule has 1 unspecified atom stereocenters. The lowest BCUT2D eigenvalue weighted by molar-refractivity contribution is -0.137. The molecule has 0 spiro atoms. The zero-order valence-corrected chi connectivity index (χ0v) is 11.0. The molecule has 2 amide bonds. The Bertz CT molecular complexity index is 313. The number of carboxylic acid groups (broad SMARTS) is 1. The van der Waals surface area contributed by atoms with Gasteiger partial charge >= 0.3 is 12.0 Å². The van der Waals surface area contributed by atoms with Crippen LogP contribution in [0, 0.1) is 11.3 Å². The lowest BCUT2D eigenvalue weighted by Crippen LogP contribution is -2.45. The summed E-state index contributed by atoms with van der Waals surface area (Å²) >= 11 is 0. The number of rotatable bonds is 5.